The Morgan fingerprint density at radius 1 is 1.32 bits per heavy atom. The van der Waals surface area contributed by atoms with Crippen LogP contribution in [0.4, 0.5) is 10.1 Å². The van der Waals surface area contributed by atoms with E-state index in [0.717, 1.165) is 31.7 Å². The van der Waals surface area contributed by atoms with E-state index < -0.39 is 39.9 Å². The Hall–Kier alpha value is -2.40. The van der Waals surface area contributed by atoms with E-state index in [9.17, 15) is 27.5 Å². The van der Waals surface area contributed by atoms with Crippen molar-refractivity contribution in [1.82, 2.24) is 15.4 Å². The first kappa shape index (κ1) is 20.3. The van der Waals surface area contributed by atoms with Crippen molar-refractivity contribution in [2.45, 2.75) is 38.3 Å². The van der Waals surface area contributed by atoms with E-state index in [2.05, 4.69) is 10.6 Å². The molecule has 1 aromatic rings. The quantitative estimate of drug-likeness (QED) is 0.541. The van der Waals surface area contributed by atoms with Crippen molar-refractivity contribution in [2.24, 2.45) is 5.92 Å². The summed E-state index contributed by atoms with van der Waals surface area (Å²) in [6, 6.07) is 2.59. The van der Waals surface area contributed by atoms with E-state index in [0.29, 0.717) is 9.87 Å². The van der Waals surface area contributed by atoms with E-state index in [4.69, 9.17) is 0 Å². The molecule has 0 aromatic heterocycles. The van der Waals surface area contributed by atoms with Crippen molar-refractivity contribution in [3.05, 3.63) is 23.5 Å². The molecule has 1 heterocycles. The number of hydrogen-bond donors (Lipinski definition) is 4. The van der Waals surface area contributed by atoms with Crippen LogP contribution in [-0.2, 0) is 26.3 Å². The van der Waals surface area contributed by atoms with Crippen LogP contribution in [0.3, 0.4) is 0 Å². The third-order valence-corrected chi connectivity index (χ3v) is 6.49. The van der Waals surface area contributed by atoms with Crippen LogP contribution in [0.15, 0.2) is 12.1 Å². The summed E-state index contributed by atoms with van der Waals surface area (Å²) in [5.74, 6) is -2.22. The average molecular weight is 414 g/mol. The van der Waals surface area contributed by atoms with E-state index in [1.807, 2.05) is 0 Å². The fraction of sp³-hybridized carbons (Fsp3) is 0.529. The van der Waals surface area contributed by atoms with Crippen LogP contribution in [0.2, 0.25) is 0 Å². The molecule has 1 aromatic carbocycles. The van der Waals surface area contributed by atoms with E-state index in [1.54, 1.807) is 11.8 Å². The molecule has 154 valence electrons. The maximum atomic E-state index is 14.5. The number of phenolic OH excluding ortho intramolecular Hbond substituents is 1. The van der Waals surface area contributed by atoms with Gasteiger partial charge in [0.25, 0.3) is 5.91 Å². The van der Waals surface area contributed by atoms with Crippen LogP contribution in [0.1, 0.15) is 31.2 Å². The third kappa shape index (κ3) is 4.20. The Balaban J connectivity index is 1.64. The number of benzene rings is 1. The second-order valence-corrected chi connectivity index (χ2v) is 8.62. The molecule has 4 N–H and O–H groups in total. The summed E-state index contributed by atoms with van der Waals surface area (Å²) in [5.41, 5.74) is -0.101. The Kier molecular flexibility index (Phi) is 5.75. The van der Waals surface area contributed by atoms with E-state index in [-0.39, 0.29) is 24.4 Å². The van der Waals surface area contributed by atoms with Gasteiger partial charge in [-0.15, -0.1) is 0 Å². The van der Waals surface area contributed by atoms with Gasteiger partial charge in [0.15, 0.2) is 5.82 Å². The average Bonchev–Trinajstić information content (AvgIpc) is 2.91. The number of carbonyl (C=O) groups is 2. The normalized spacial score (nSPS) is 24.1. The second kappa shape index (κ2) is 7.92. The van der Waals surface area contributed by atoms with Gasteiger partial charge >= 0.3 is 10.2 Å². The van der Waals surface area contributed by atoms with Crippen molar-refractivity contribution in [3.63, 3.8) is 0 Å². The number of aromatic hydroxyl groups is 1. The Bertz CT molecular complexity index is 861. The van der Waals surface area contributed by atoms with Crippen molar-refractivity contribution in [1.29, 1.82) is 0 Å². The second-order valence-electron chi connectivity index (χ2n) is 7.03. The van der Waals surface area contributed by atoms with Crippen molar-refractivity contribution in [3.8, 4) is 5.75 Å². The molecule has 0 unspecified atom stereocenters. The summed E-state index contributed by atoms with van der Waals surface area (Å²) in [7, 11) is -2.58. The molecule has 2 aliphatic rings. The van der Waals surface area contributed by atoms with Crippen LogP contribution in [0.25, 0.3) is 0 Å². The van der Waals surface area contributed by atoms with Gasteiger partial charge < -0.3 is 15.7 Å². The molecule has 28 heavy (non-hydrogen) atoms. The lowest BCUT2D eigenvalue weighted by atomic mass is 9.85. The molecular weight excluding hydrogens is 391 g/mol. The smallest absolute Gasteiger partial charge is 0.326 e. The first-order valence-corrected chi connectivity index (χ1v) is 10.4. The lowest BCUT2D eigenvalue weighted by Gasteiger charge is -2.28. The number of amides is 2. The lowest BCUT2D eigenvalue weighted by Crippen LogP contribution is -2.37. The van der Waals surface area contributed by atoms with E-state index in [1.165, 1.54) is 6.07 Å². The summed E-state index contributed by atoms with van der Waals surface area (Å²) < 4.78 is 40.5. The zero-order valence-corrected chi connectivity index (χ0v) is 16.2. The molecule has 1 saturated heterocycles. The van der Waals surface area contributed by atoms with Gasteiger partial charge in [-0.3, -0.25) is 9.59 Å². The molecule has 1 aliphatic heterocycles. The monoisotopic (exact) mass is 414 g/mol. The maximum Gasteiger partial charge on any atom is 0.326 e. The number of hydrogen-bond acceptors (Lipinski definition) is 6. The summed E-state index contributed by atoms with van der Waals surface area (Å²) >= 11 is 0. The van der Waals surface area contributed by atoms with Crippen LogP contribution in [-0.4, -0.2) is 45.0 Å². The van der Waals surface area contributed by atoms with Crippen molar-refractivity contribution < 1.29 is 27.5 Å². The van der Waals surface area contributed by atoms with Gasteiger partial charge in [0.2, 0.25) is 5.91 Å². The third-order valence-electron chi connectivity index (χ3n) is 5.11. The number of rotatable bonds is 5. The highest BCUT2D eigenvalue weighted by Gasteiger charge is 2.37. The number of nitrogens with one attached hydrogen (secondary N) is 3. The fourth-order valence-corrected chi connectivity index (χ4v) is 4.83. The highest BCUT2D eigenvalue weighted by Crippen LogP contribution is 2.34. The Morgan fingerprint density at radius 3 is 2.54 bits per heavy atom. The SMILES string of the molecule is CNC(=O)[C@H]1CC[C@H](NCc2cc(O)c(N3CC(=O)NS3(=O)=O)c(F)c2)CC1. The molecule has 9 nitrogen and oxygen atoms in total. The summed E-state index contributed by atoms with van der Waals surface area (Å²) in [4.78, 5) is 23.0. The molecular formula is C17H23FN4O5S. The molecule has 2 amide bonds. The minimum atomic E-state index is -4.21. The molecule has 2 fully saturated rings. The highest BCUT2D eigenvalue weighted by atomic mass is 32.2. The molecule has 11 heteroatoms. The fourth-order valence-electron chi connectivity index (χ4n) is 3.66. The van der Waals surface area contributed by atoms with Crippen molar-refractivity contribution >= 4 is 27.7 Å². The Morgan fingerprint density at radius 2 is 2.00 bits per heavy atom. The number of halogens is 1. The molecule has 0 bridgehead atoms. The predicted octanol–water partition coefficient (Wildman–Crippen LogP) is 0.107. The molecule has 0 radical (unpaired) electrons. The topological polar surface area (TPSA) is 128 Å². The van der Waals surface area contributed by atoms with Gasteiger partial charge in [-0.1, -0.05) is 0 Å². The standard InChI is InChI=1S/C17H23FN4O5S/c1-19-17(25)11-2-4-12(5-3-11)20-8-10-6-13(18)16(14(23)7-10)22-9-15(24)21-28(22,26)27/h6-7,11-12,20,23H,2-5,8-9H2,1H3,(H,19,25)(H,21,24)/t11-,12-. The summed E-state index contributed by atoms with van der Waals surface area (Å²) in [5, 5.41) is 16.1. The maximum absolute atomic E-state index is 14.5. The zero-order chi connectivity index (χ0) is 20.5. The minimum Gasteiger partial charge on any atom is -0.506 e. The summed E-state index contributed by atoms with van der Waals surface area (Å²) in [6.07, 6.45) is 3.16. The predicted molar refractivity (Wildman–Crippen MR) is 99.1 cm³/mol. The van der Waals surface area contributed by atoms with Gasteiger partial charge in [-0.2, -0.15) is 8.42 Å². The van der Waals surface area contributed by atoms with Crippen LogP contribution in [0, 0.1) is 11.7 Å². The largest absolute Gasteiger partial charge is 0.506 e. The first-order chi connectivity index (χ1) is 13.2. The number of phenols is 1. The number of anilines is 1. The highest BCUT2D eigenvalue weighted by molar-refractivity contribution is 7.92. The van der Waals surface area contributed by atoms with Crippen LogP contribution in [0.5, 0.6) is 5.75 Å². The zero-order valence-electron chi connectivity index (χ0n) is 15.4. The van der Waals surface area contributed by atoms with Gasteiger partial charge in [0, 0.05) is 25.6 Å². The number of carbonyl (C=O) groups excluding carboxylic acids is 2. The van der Waals surface area contributed by atoms with Gasteiger partial charge in [-0.05, 0) is 43.4 Å². The molecule has 3 rings (SSSR count). The molecule has 1 saturated carbocycles. The van der Waals surface area contributed by atoms with Gasteiger partial charge in [0.1, 0.15) is 18.0 Å². The van der Waals surface area contributed by atoms with Crippen LogP contribution < -0.4 is 19.7 Å². The van der Waals surface area contributed by atoms with Gasteiger partial charge in [0.05, 0.1) is 0 Å². The van der Waals surface area contributed by atoms with E-state index >= 15 is 0 Å². The van der Waals surface area contributed by atoms with Crippen molar-refractivity contribution in [2.75, 3.05) is 17.9 Å². The number of nitrogens with zero attached hydrogens (tertiary/aromatic N) is 1. The molecule has 0 spiro atoms. The summed E-state index contributed by atoms with van der Waals surface area (Å²) in [6.45, 7) is -0.303. The minimum absolute atomic E-state index is 0.0163. The molecule has 0 atom stereocenters. The Labute approximate surface area is 162 Å². The first-order valence-electron chi connectivity index (χ1n) is 9.01. The van der Waals surface area contributed by atoms with Crippen LogP contribution >= 0.6 is 0 Å². The van der Waals surface area contributed by atoms with Gasteiger partial charge in [-0.25, -0.2) is 13.4 Å². The lowest BCUT2D eigenvalue weighted by molar-refractivity contribution is -0.125. The molecule has 1 aliphatic carbocycles.